The minimum atomic E-state index is -0.0365. The highest BCUT2D eigenvalue weighted by Gasteiger charge is 2.19. The second-order valence-electron chi connectivity index (χ2n) is 4.61. The van der Waals surface area contributed by atoms with Gasteiger partial charge in [0.2, 0.25) is 0 Å². The summed E-state index contributed by atoms with van der Waals surface area (Å²) in [5.41, 5.74) is 1.49. The van der Waals surface area contributed by atoms with Crippen LogP contribution in [-0.2, 0) is 0 Å². The van der Waals surface area contributed by atoms with Crippen LogP contribution in [0.1, 0.15) is 30.4 Å². The molecule has 2 aromatic heterocycles. The predicted octanol–water partition coefficient (Wildman–Crippen LogP) is 3.50. The van der Waals surface area contributed by atoms with Crippen molar-refractivity contribution in [2.75, 3.05) is 11.9 Å². The first-order valence-corrected chi connectivity index (χ1v) is 6.85. The summed E-state index contributed by atoms with van der Waals surface area (Å²) in [5.74, 6) is -0.0365. The molecule has 0 aliphatic heterocycles. The summed E-state index contributed by atoms with van der Waals surface area (Å²) < 4.78 is 2.87. The number of amides is 1. The van der Waals surface area contributed by atoms with Crippen LogP contribution in [0.2, 0.25) is 0 Å². The van der Waals surface area contributed by atoms with Gasteiger partial charge in [0, 0.05) is 41.8 Å². The maximum atomic E-state index is 12.5. The molecule has 0 saturated carbocycles. The Morgan fingerprint density at radius 1 is 1.37 bits per heavy atom. The first kappa shape index (κ1) is 13.8. The van der Waals surface area contributed by atoms with Crippen LogP contribution in [-0.4, -0.2) is 22.5 Å². The lowest BCUT2D eigenvalue weighted by Gasteiger charge is -2.19. The van der Waals surface area contributed by atoms with Crippen LogP contribution in [0.5, 0.6) is 0 Å². The Hall–Kier alpha value is -1.62. The second-order valence-corrected chi connectivity index (χ2v) is 5.53. The van der Waals surface area contributed by atoms with E-state index in [0.29, 0.717) is 5.69 Å². The van der Waals surface area contributed by atoms with Gasteiger partial charge in [0.1, 0.15) is 5.69 Å². The van der Waals surface area contributed by atoms with Gasteiger partial charge in [0.15, 0.2) is 0 Å². The van der Waals surface area contributed by atoms with Crippen LogP contribution in [0.25, 0.3) is 0 Å². The molecule has 0 aliphatic rings. The number of nitrogens with zero attached hydrogens (tertiary/aromatic N) is 3. The molecule has 2 aromatic rings. The van der Waals surface area contributed by atoms with Gasteiger partial charge in [-0.3, -0.25) is 9.78 Å². The quantitative estimate of drug-likeness (QED) is 0.867. The van der Waals surface area contributed by atoms with E-state index in [4.69, 9.17) is 0 Å². The zero-order chi connectivity index (χ0) is 14.0. The first-order valence-electron chi connectivity index (χ1n) is 6.06. The molecule has 4 nitrogen and oxygen atoms in total. The fourth-order valence-corrected chi connectivity index (χ4v) is 2.34. The largest absolute Gasteiger partial charge is 0.340 e. The van der Waals surface area contributed by atoms with Gasteiger partial charge in [-0.2, -0.15) is 0 Å². The van der Waals surface area contributed by atoms with E-state index in [1.165, 1.54) is 0 Å². The van der Waals surface area contributed by atoms with E-state index >= 15 is 0 Å². The monoisotopic (exact) mass is 321 g/mol. The zero-order valence-electron chi connectivity index (χ0n) is 11.2. The van der Waals surface area contributed by atoms with E-state index in [2.05, 4.69) is 34.8 Å². The van der Waals surface area contributed by atoms with Crippen LogP contribution in [0, 0.1) is 0 Å². The van der Waals surface area contributed by atoms with E-state index in [0.717, 1.165) is 10.2 Å². The standard InChI is InChI=1S/C14H16BrN3O/c1-10(2)18-9-11(15)8-13(18)14(19)17(3)12-4-6-16-7-5-12/h4-10H,1-3H3. The molecule has 2 rings (SSSR count). The molecule has 5 heteroatoms. The highest BCUT2D eigenvalue weighted by atomic mass is 79.9. The van der Waals surface area contributed by atoms with Crippen molar-refractivity contribution >= 4 is 27.5 Å². The molecule has 0 fully saturated rings. The average Bonchev–Trinajstić information content (AvgIpc) is 2.80. The fraction of sp³-hybridized carbons (Fsp3) is 0.286. The van der Waals surface area contributed by atoms with Gasteiger partial charge >= 0.3 is 0 Å². The molecule has 0 radical (unpaired) electrons. The summed E-state index contributed by atoms with van der Waals surface area (Å²) in [7, 11) is 1.77. The third-order valence-corrected chi connectivity index (χ3v) is 3.38. The van der Waals surface area contributed by atoms with Crippen molar-refractivity contribution in [3.8, 4) is 0 Å². The minimum Gasteiger partial charge on any atom is -0.340 e. The van der Waals surface area contributed by atoms with Crippen LogP contribution < -0.4 is 4.90 Å². The minimum absolute atomic E-state index is 0.0365. The van der Waals surface area contributed by atoms with Crippen molar-refractivity contribution < 1.29 is 4.79 Å². The van der Waals surface area contributed by atoms with Gasteiger partial charge in [-0.05, 0) is 48.0 Å². The summed E-state index contributed by atoms with van der Waals surface area (Å²) in [5, 5.41) is 0. The molecule has 0 aromatic carbocycles. The van der Waals surface area contributed by atoms with E-state index in [1.54, 1.807) is 24.3 Å². The first-order chi connectivity index (χ1) is 9.00. The Balaban J connectivity index is 2.34. The Labute approximate surface area is 121 Å². The molecule has 0 atom stereocenters. The number of hydrogen-bond acceptors (Lipinski definition) is 2. The Kier molecular flexibility index (Phi) is 4.04. The molecule has 0 unspecified atom stereocenters. The molecule has 100 valence electrons. The van der Waals surface area contributed by atoms with E-state index < -0.39 is 0 Å². The third kappa shape index (κ3) is 2.87. The van der Waals surface area contributed by atoms with E-state index in [1.807, 2.05) is 29.0 Å². The van der Waals surface area contributed by atoms with E-state index in [9.17, 15) is 4.79 Å². The van der Waals surface area contributed by atoms with Crippen molar-refractivity contribution in [3.63, 3.8) is 0 Å². The Morgan fingerprint density at radius 2 is 2.00 bits per heavy atom. The maximum Gasteiger partial charge on any atom is 0.274 e. The molecule has 0 N–H and O–H groups in total. The number of anilines is 1. The number of aromatic nitrogens is 2. The Bertz CT molecular complexity index is 578. The number of carbonyl (C=O) groups excluding carboxylic acids is 1. The smallest absolute Gasteiger partial charge is 0.274 e. The van der Waals surface area contributed by atoms with Crippen LogP contribution >= 0.6 is 15.9 Å². The number of pyridine rings is 1. The van der Waals surface area contributed by atoms with Crippen molar-refractivity contribution in [3.05, 3.63) is 47.0 Å². The molecular weight excluding hydrogens is 306 g/mol. The van der Waals surface area contributed by atoms with Crippen molar-refractivity contribution in [1.29, 1.82) is 0 Å². The molecule has 19 heavy (non-hydrogen) atoms. The molecule has 0 spiro atoms. The van der Waals surface area contributed by atoms with Crippen LogP contribution in [0.4, 0.5) is 5.69 Å². The van der Waals surface area contributed by atoms with Gasteiger partial charge in [-0.15, -0.1) is 0 Å². The highest BCUT2D eigenvalue weighted by Crippen LogP contribution is 2.22. The third-order valence-electron chi connectivity index (χ3n) is 2.95. The van der Waals surface area contributed by atoms with Crippen LogP contribution in [0.15, 0.2) is 41.3 Å². The van der Waals surface area contributed by atoms with Crippen molar-refractivity contribution in [1.82, 2.24) is 9.55 Å². The Morgan fingerprint density at radius 3 is 2.58 bits per heavy atom. The average molecular weight is 322 g/mol. The summed E-state index contributed by atoms with van der Waals surface area (Å²) in [6, 6.07) is 5.71. The SMILES string of the molecule is CC(C)n1cc(Br)cc1C(=O)N(C)c1ccncc1. The molecule has 2 heterocycles. The van der Waals surface area contributed by atoms with Gasteiger partial charge < -0.3 is 9.47 Å². The summed E-state index contributed by atoms with van der Waals surface area (Å²) in [6.45, 7) is 4.10. The zero-order valence-corrected chi connectivity index (χ0v) is 12.8. The number of carbonyl (C=O) groups is 1. The van der Waals surface area contributed by atoms with Crippen molar-refractivity contribution in [2.24, 2.45) is 0 Å². The van der Waals surface area contributed by atoms with E-state index in [-0.39, 0.29) is 11.9 Å². The maximum absolute atomic E-state index is 12.5. The number of rotatable bonds is 3. The van der Waals surface area contributed by atoms with Gasteiger partial charge in [-0.1, -0.05) is 0 Å². The lowest BCUT2D eigenvalue weighted by Crippen LogP contribution is -2.28. The topological polar surface area (TPSA) is 38.1 Å². The number of hydrogen-bond donors (Lipinski definition) is 0. The molecular formula is C14H16BrN3O. The lowest BCUT2D eigenvalue weighted by atomic mass is 10.3. The summed E-state index contributed by atoms with van der Waals surface area (Å²) in [4.78, 5) is 18.1. The van der Waals surface area contributed by atoms with Crippen molar-refractivity contribution in [2.45, 2.75) is 19.9 Å². The predicted molar refractivity (Wildman–Crippen MR) is 79.5 cm³/mol. The molecule has 0 aliphatic carbocycles. The molecule has 0 bridgehead atoms. The fourth-order valence-electron chi connectivity index (χ4n) is 1.90. The van der Waals surface area contributed by atoms with Gasteiger partial charge in [0.05, 0.1) is 0 Å². The molecule has 0 saturated heterocycles. The second kappa shape index (κ2) is 5.57. The highest BCUT2D eigenvalue weighted by molar-refractivity contribution is 9.10. The lowest BCUT2D eigenvalue weighted by molar-refractivity contribution is 0.0982. The van der Waals surface area contributed by atoms with Gasteiger partial charge in [0.25, 0.3) is 5.91 Å². The van der Waals surface area contributed by atoms with Crippen LogP contribution in [0.3, 0.4) is 0 Å². The normalized spacial score (nSPS) is 10.8. The summed E-state index contributed by atoms with van der Waals surface area (Å²) >= 11 is 3.42. The number of halogens is 1. The summed E-state index contributed by atoms with van der Waals surface area (Å²) in [6.07, 6.45) is 5.28. The molecule has 1 amide bonds. The van der Waals surface area contributed by atoms with Gasteiger partial charge in [-0.25, -0.2) is 0 Å².